The molecule has 8 nitrogen and oxygen atoms in total. The average Bonchev–Trinajstić information content (AvgIpc) is 2.86. The van der Waals surface area contributed by atoms with Gasteiger partial charge in [-0.15, -0.1) is 0 Å². The lowest BCUT2D eigenvalue weighted by Gasteiger charge is -2.27. The highest BCUT2D eigenvalue weighted by molar-refractivity contribution is 6.00. The summed E-state index contributed by atoms with van der Waals surface area (Å²) in [6, 6.07) is 2.71. The van der Waals surface area contributed by atoms with Crippen molar-refractivity contribution in [1.29, 1.82) is 0 Å². The smallest absolute Gasteiger partial charge is 0.416 e. The van der Waals surface area contributed by atoms with Gasteiger partial charge in [0.15, 0.2) is 11.6 Å². The van der Waals surface area contributed by atoms with Crippen molar-refractivity contribution in [2.75, 3.05) is 13.2 Å². The number of aliphatic hydroxyl groups is 1. The summed E-state index contributed by atoms with van der Waals surface area (Å²) in [6.07, 6.45) is -3.37. The Morgan fingerprint density at radius 1 is 1.22 bits per heavy atom. The Kier molecular flexibility index (Phi) is 6.91. The molecule has 2 aromatic carbocycles. The topological polar surface area (TPSA) is 110 Å². The lowest BCUT2D eigenvalue weighted by atomic mass is 10.1. The van der Waals surface area contributed by atoms with Crippen molar-refractivity contribution >= 4 is 22.7 Å². The number of nitrogens with zero attached hydrogens (tertiary/aromatic N) is 1. The van der Waals surface area contributed by atoms with E-state index in [-0.39, 0.29) is 24.1 Å². The standard InChI is InChI=1S/C24H20F5N3O5/c1-11-10-37-21-18(26)16(25)6-14-19(21)32(11)8-15(20(14)34)22(35)31-17(9-33)23(36)30-7-12-2-4-13(5-3-12)24(27,28)29/h2-6,8,11,17,33H,7,9-10H2,1H3,(H,30,36)(H,31,35). The van der Waals surface area contributed by atoms with Crippen LogP contribution in [0.25, 0.3) is 10.9 Å². The minimum Gasteiger partial charge on any atom is -0.486 e. The Hall–Kier alpha value is -4.00. The van der Waals surface area contributed by atoms with Gasteiger partial charge >= 0.3 is 6.18 Å². The Bertz CT molecular complexity index is 1440. The van der Waals surface area contributed by atoms with E-state index < -0.39 is 70.6 Å². The molecule has 196 valence electrons. The molecule has 2 heterocycles. The SMILES string of the molecule is CC1COc2c(F)c(F)cc3c(=O)c(C(=O)NC(CO)C(=O)NCc4ccc(C(F)(F)F)cc4)cn1c23. The molecule has 2 unspecified atom stereocenters. The fourth-order valence-electron chi connectivity index (χ4n) is 3.91. The molecular weight excluding hydrogens is 505 g/mol. The van der Waals surface area contributed by atoms with Gasteiger partial charge in [0, 0.05) is 12.7 Å². The first-order valence-electron chi connectivity index (χ1n) is 11.0. The third kappa shape index (κ3) is 4.99. The van der Waals surface area contributed by atoms with Crippen LogP contribution in [0.1, 0.15) is 34.5 Å². The van der Waals surface area contributed by atoms with E-state index in [0.717, 1.165) is 30.5 Å². The van der Waals surface area contributed by atoms with Gasteiger partial charge in [0.05, 0.1) is 29.1 Å². The monoisotopic (exact) mass is 525 g/mol. The molecule has 2 atom stereocenters. The highest BCUT2D eigenvalue weighted by Crippen LogP contribution is 2.35. The van der Waals surface area contributed by atoms with Crippen molar-refractivity contribution in [3.63, 3.8) is 0 Å². The first-order chi connectivity index (χ1) is 17.4. The fraction of sp³-hybridized carbons (Fsp3) is 0.292. The lowest BCUT2D eigenvalue weighted by Crippen LogP contribution is -2.49. The van der Waals surface area contributed by atoms with Gasteiger partial charge in [-0.3, -0.25) is 14.4 Å². The predicted octanol–water partition coefficient (Wildman–Crippen LogP) is 2.66. The Balaban J connectivity index is 1.54. The summed E-state index contributed by atoms with van der Waals surface area (Å²) < 4.78 is 73.0. The van der Waals surface area contributed by atoms with Crippen LogP contribution >= 0.6 is 0 Å². The van der Waals surface area contributed by atoms with Crippen molar-refractivity contribution in [1.82, 2.24) is 15.2 Å². The molecule has 0 spiro atoms. The van der Waals surface area contributed by atoms with Gasteiger partial charge in [-0.05, 0) is 30.7 Å². The second-order valence-corrected chi connectivity index (χ2v) is 8.46. The van der Waals surface area contributed by atoms with Crippen LogP contribution < -0.4 is 20.8 Å². The number of pyridine rings is 1. The summed E-state index contributed by atoms with van der Waals surface area (Å²) in [5, 5.41) is 13.9. The van der Waals surface area contributed by atoms with E-state index in [1.54, 1.807) is 6.92 Å². The molecule has 3 aromatic rings. The summed E-state index contributed by atoms with van der Waals surface area (Å²) >= 11 is 0. The highest BCUT2D eigenvalue weighted by atomic mass is 19.4. The number of rotatable bonds is 6. The molecular formula is C24H20F5N3O5. The summed E-state index contributed by atoms with van der Waals surface area (Å²) in [5.41, 5.74) is -1.97. The quantitative estimate of drug-likeness (QED) is 0.429. The van der Waals surface area contributed by atoms with Gasteiger partial charge in [0.2, 0.25) is 17.2 Å². The van der Waals surface area contributed by atoms with Crippen molar-refractivity contribution in [3.8, 4) is 5.75 Å². The van der Waals surface area contributed by atoms with Crippen LogP contribution in [-0.2, 0) is 17.5 Å². The van der Waals surface area contributed by atoms with Crippen LogP contribution in [0, 0.1) is 11.6 Å². The van der Waals surface area contributed by atoms with Crippen molar-refractivity contribution < 1.29 is 41.4 Å². The van der Waals surface area contributed by atoms with Gasteiger partial charge in [-0.2, -0.15) is 17.6 Å². The minimum atomic E-state index is -4.51. The molecule has 0 bridgehead atoms. The summed E-state index contributed by atoms with van der Waals surface area (Å²) in [5.74, 6) is -4.98. The Labute approximate surface area is 205 Å². The number of hydrogen-bond acceptors (Lipinski definition) is 5. The summed E-state index contributed by atoms with van der Waals surface area (Å²) in [4.78, 5) is 38.4. The third-order valence-corrected chi connectivity index (χ3v) is 5.91. The van der Waals surface area contributed by atoms with E-state index >= 15 is 0 Å². The zero-order chi connectivity index (χ0) is 27.1. The Morgan fingerprint density at radius 3 is 2.51 bits per heavy atom. The number of amides is 2. The number of halogens is 5. The fourth-order valence-corrected chi connectivity index (χ4v) is 3.91. The largest absolute Gasteiger partial charge is 0.486 e. The van der Waals surface area contributed by atoms with Gasteiger partial charge in [-0.1, -0.05) is 12.1 Å². The molecule has 2 amide bonds. The second kappa shape index (κ2) is 9.81. The van der Waals surface area contributed by atoms with Crippen molar-refractivity contribution in [2.45, 2.75) is 31.7 Å². The summed E-state index contributed by atoms with van der Waals surface area (Å²) in [7, 11) is 0. The zero-order valence-corrected chi connectivity index (χ0v) is 19.2. The minimum absolute atomic E-state index is 0.0211. The average molecular weight is 525 g/mol. The molecule has 0 fully saturated rings. The maximum atomic E-state index is 14.2. The van der Waals surface area contributed by atoms with Crippen LogP contribution in [0.2, 0.25) is 0 Å². The van der Waals surface area contributed by atoms with E-state index in [4.69, 9.17) is 4.74 Å². The van der Waals surface area contributed by atoms with Crippen molar-refractivity contribution in [3.05, 3.63) is 75.1 Å². The maximum absolute atomic E-state index is 14.2. The van der Waals surface area contributed by atoms with Gasteiger partial charge in [0.1, 0.15) is 18.2 Å². The molecule has 0 saturated carbocycles. The normalized spacial score (nSPS) is 15.7. The van der Waals surface area contributed by atoms with Gasteiger partial charge in [-0.25, -0.2) is 4.39 Å². The molecule has 0 radical (unpaired) electrons. The molecule has 1 aliphatic heterocycles. The Morgan fingerprint density at radius 2 is 1.89 bits per heavy atom. The van der Waals surface area contributed by atoms with E-state index in [2.05, 4.69) is 10.6 Å². The maximum Gasteiger partial charge on any atom is 0.416 e. The third-order valence-electron chi connectivity index (χ3n) is 5.91. The number of carbonyl (C=O) groups is 2. The molecule has 13 heteroatoms. The van der Waals surface area contributed by atoms with E-state index in [1.165, 1.54) is 4.57 Å². The van der Waals surface area contributed by atoms with Crippen LogP contribution in [0.3, 0.4) is 0 Å². The molecule has 1 aliphatic rings. The number of ether oxygens (including phenoxy) is 1. The summed E-state index contributed by atoms with van der Waals surface area (Å²) in [6.45, 7) is 0.552. The van der Waals surface area contributed by atoms with Crippen LogP contribution in [0.4, 0.5) is 22.0 Å². The number of benzene rings is 2. The second-order valence-electron chi connectivity index (χ2n) is 8.46. The zero-order valence-electron chi connectivity index (χ0n) is 19.2. The number of aliphatic hydroxyl groups excluding tert-OH is 1. The molecule has 0 aliphatic carbocycles. The van der Waals surface area contributed by atoms with E-state index in [1.807, 2.05) is 0 Å². The van der Waals surface area contributed by atoms with Gasteiger partial charge in [0.25, 0.3) is 5.91 Å². The number of carbonyl (C=O) groups excluding carboxylic acids is 2. The van der Waals surface area contributed by atoms with Crippen LogP contribution in [0.5, 0.6) is 5.75 Å². The first-order valence-corrected chi connectivity index (χ1v) is 11.0. The highest BCUT2D eigenvalue weighted by Gasteiger charge is 2.31. The molecule has 4 rings (SSSR count). The molecule has 1 aromatic heterocycles. The van der Waals surface area contributed by atoms with Crippen LogP contribution in [-0.4, -0.2) is 40.7 Å². The number of hydrogen-bond donors (Lipinski definition) is 3. The molecule has 0 saturated heterocycles. The number of nitrogens with one attached hydrogen (secondary N) is 2. The lowest BCUT2D eigenvalue weighted by molar-refractivity contribution is -0.137. The van der Waals surface area contributed by atoms with E-state index in [0.29, 0.717) is 11.6 Å². The first kappa shape index (κ1) is 26.1. The molecule has 3 N–H and O–H groups in total. The molecule has 37 heavy (non-hydrogen) atoms. The van der Waals surface area contributed by atoms with Crippen molar-refractivity contribution in [2.24, 2.45) is 0 Å². The van der Waals surface area contributed by atoms with Crippen LogP contribution in [0.15, 0.2) is 41.3 Å². The number of aromatic nitrogens is 1. The van der Waals surface area contributed by atoms with E-state index in [9.17, 15) is 41.4 Å². The van der Waals surface area contributed by atoms with Gasteiger partial charge < -0.3 is 25.0 Å². The number of alkyl halides is 3. The predicted molar refractivity (Wildman–Crippen MR) is 120 cm³/mol.